The summed E-state index contributed by atoms with van der Waals surface area (Å²) in [6.45, 7) is 1.50. The van der Waals surface area contributed by atoms with E-state index < -0.39 is 15.9 Å². The number of nitrogens with zero attached hydrogens (tertiary/aromatic N) is 3. The lowest BCUT2D eigenvalue weighted by molar-refractivity contribution is 0.0864. The Morgan fingerprint density at radius 3 is 2.56 bits per heavy atom. The van der Waals surface area contributed by atoms with E-state index in [9.17, 15) is 18.0 Å². The molecule has 0 saturated heterocycles. The van der Waals surface area contributed by atoms with Gasteiger partial charge >= 0.3 is 0 Å². The van der Waals surface area contributed by atoms with Crippen molar-refractivity contribution in [2.75, 3.05) is 0 Å². The van der Waals surface area contributed by atoms with E-state index in [1.165, 1.54) is 22.6 Å². The Bertz CT molecular complexity index is 1200. The van der Waals surface area contributed by atoms with Crippen LogP contribution in [0.4, 0.5) is 0 Å². The molecule has 3 heterocycles. The number of carbonyl (C=O) groups excluding carboxylic acids is 1. The van der Waals surface area contributed by atoms with Crippen LogP contribution in [0.1, 0.15) is 21.7 Å². The highest BCUT2D eigenvalue weighted by Gasteiger charge is 2.41. The van der Waals surface area contributed by atoms with Gasteiger partial charge in [-0.3, -0.25) is 14.0 Å². The van der Waals surface area contributed by atoms with Crippen molar-refractivity contribution < 1.29 is 13.2 Å². The minimum absolute atomic E-state index is 0.0200. The number of benzene rings is 1. The summed E-state index contributed by atoms with van der Waals surface area (Å²) in [5, 5.41) is 0. The normalized spacial score (nSPS) is 15.6. The highest BCUT2D eigenvalue weighted by molar-refractivity contribution is 7.90. The summed E-state index contributed by atoms with van der Waals surface area (Å²) in [7, 11) is -3.93. The topological polar surface area (TPSA) is 88.8 Å². The van der Waals surface area contributed by atoms with Gasteiger partial charge < -0.3 is 0 Å². The minimum atomic E-state index is -3.93. The second-order valence-electron chi connectivity index (χ2n) is 5.76. The van der Waals surface area contributed by atoms with Crippen LogP contribution in [0.25, 0.3) is 5.65 Å². The van der Waals surface area contributed by atoms with Crippen molar-refractivity contribution in [1.82, 2.24) is 13.7 Å². The van der Waals surface area contributed by atoms with Gasteiger partial charge in [0.2, 0.25) is 0 Å². The zero-order valence-electron chi connectivity index (χ0n) is 13.2. The zero-order chi connectivity index (χ0) is 17.8. The number of sulfonamides is 1. The predicted molar refractivity (Wildman–Crippen MR) is 89.7 cm³/mol. The molecule has 3 aromatic rings. The first-order chi connectivity index (χ1) is 11.9. The Kier molecular flexibility index (Phi) is 3.26. The molecule has 4 rings (SSSR count). The van der Waals surface area contributed by atoms with E-state index >= 15 is 0 Å². The number of aromatic nitrogens is 2. The van der Waals surface area contributed by atoms with Crippen molar-refractivity contribution in [2.24, 2.45) is 0 Å². The fourth-order valence-corrected chi connectivity index (χ4v) is 4.52. The molecule has 8 heteroatoms. The van der Waals surface area contributed by atoms with Gasteiger partial charge in [0.1, 0.15) is 10.5 Å². The molecule has 1 amide bonds. The molecule has 7 nitrogen and oxygen atoms in total. The first-order valence-corrected chi connectivity index (χ1v) is 8.98. The number of hydrogen-bond acceptors (Lipinski definition) is 5. The largest absolute Gasteiger partial charge is 0.269 e. The monoisotopic (exact) mass is 355 g/mol. The van der Waals surface area contributed by atoms with Gasteiger partial charge in [0.05, 0.1) is 17.8 Å². The second kappa shape index (κ2) is 5.25. The Labute approximate surface area is 143 Å². The molecule has 0 radical (unpaired) electrons. The van der Waals surface area contributed by atoms with Gasteiger partial charge in [-0.25, -0.2) is 17.7 Å². The predicted octanol–water partition coefficient (Wildman–Crippen LogP) is 1.35. The van der Waals surface area contributed by atoms with Crippen LogP contribution in [0.15, 0.2) is 58.2 Å². The van der Waals surface area contributed by atoms with Gasteiger partial charge in [-0.05, 0) is 31.2 Å². The quantitative estimate of drug-likeness (QED) is 0.692. The summed E-state index contributed by atoms with van der Waals surface area (Å²) in [4.78, 5) is 29.1. The highest BCUT2D eigenvalue weighted by Crippen LogP contribution is 2.30. The number of amides is 1. The van der Waals surface area contributed by atoms with E-state index in [2.05, 4.69) is 4.98 Å². The standard InChI is InChI=1S/C17H13N3O4S/c1-11-5-4-8-15-18-12(9-16(21)20(11)15)10-19-17(22)13-6-2-3-7-14(13)25(19,23)24/h2-9H,10H2,1H3. The maximum absolute atomic E-state index is 12.6. The van der Waals surface area contributed by atoms with Crippen LogP contribution in [0.3, 0.4) is 0 Å². The molecule has 0 aliphatic carbocycles. The molecule has 0 unspecified atom stereocenters. The first-order valence-electron chi connectivity index (χ1n) is 7.54. The SMILES string of the molecule is Cc1cccc2nc(CN3C(=O)c4ccccc4S3(=O)=O)cc(=O)n12. The maximum Gasteiger partial charge on any atom is 0.269 e. The molecule has 1 aliphatic rings. The van der Waals surface area contributed by atoms with Gasteiger partial charge in [-0.15, -0.1) is 0 Å². The zero-order valence-corrected chi connectivity index (χ0v) is 14.0. The molecule has 0 bridgehead atoms. The number of aryl methyl sites for hydroxylation is 1. The summed E-state index contributed by atoms with van der Waals surface area (Å²) >= 11 is 0. The fourth-order valence-electron chi connectivity index (χ4n) is 2.98. The Balaban J connectivity index is 1.81. The van der Waals surface area contributed by atoms with Crippen LogP contribution >= 0.6 is 0 Å². The van der Waals surface area contributed by atoms with E-state index in [0.717, 1.165) is 10.00 Å². The second-order valence-corrected chi connectivity index (χ2v) is 7.59. The van der Waals surface area contributed by atoms with Crippen LogP contribution in [0.5, 0.6) is 0 Å². The summed E-state index contributed by atoms with van der Waals surface area (Å²) in [6, 6.07) is 12.5. The molecule has 0 spiro atoms. The minimum Gasteiger partial charge on any atom is -0.269 e. The molecule has 0 saturated carbocycles. The van der Waals surface area contributed by atoms with Gasteiger partial charge in [-0.2, -0.15) is 0 Å². The summed E-state index contributed by atoms with van der Waals surface area (Å²) in [6.07, 6.45) is 0. The molecule has 0 N–H and O–H groups in total. The van der Waals surface area contributed by atoms with Crippen LogP contribution in [-0.2, 0) is 16.6 Å². The molecule has 1 aromatic carbocycles. The molecule has 0 atom stereocenters. The van der Waals surface area contributed by atoms with Crippen LogP contribution in [0.2, 0.25) is 0 Å². The number of fused-ring (bicyclic) bond motifs is 2. The van der Waals surface area contributed by atoms with Crippen LogP contribution in [-0.4, -0.2) is 28.0 Å². The fraction of sp³-hybridized carbons (Fsp3) is 0.118. The van der Waals surface area contributed by atoms with Crippen LogP contribution in [0, 0.1) is 6.92 Å². The Morgan fingerprint density at radius 2 is 1.80 bits per heavy atom. The molecule has 0 fully saturated rings. The third kappa shape index (κ3) is 2.25. The van der Waals surface area contributed by atoms with E-state index in [1.807, 2.05) is 0 Å². The molecule has 1 aliphatic heterocycles. The van der Waals surface area contributed by atoms with Crippen molar-refractivity contribution >= 4 is 21.6 Å². The summed E-state index contributed by atoms with van der Waals surface area (Å²) in [5.41, 5.74) is 1.17. The van der Waals surface area contributed by atoms with E-state index in [-0.39, 0.29) is 28.3 Å². The molecule has 2 aromatic heterocycles. The third-order valence-corrected chi connectivity index (χ3v) is 5.94. The number of pyridine rings is 1. The summed E-state index contributed by atoms with van der Waals surface area (Å²) < 4.78 is 27.4. The van der Waals surface area contributed by atoms with Gasteiger partial charge in [0.15, 0.2) is 0 Å². The average molecular weight is 355 g/mol. The van der Waals surface area contributed by atoms with Crippen molar-refractivity contribution in [3.8, 4) is 0 Å². The first kappa shape index (κ1) is 15.5. The smallest absolute Gasteiger partial charge is 0.269 e. The lowest BCUT2D eigenvalue weighted by Gasteiger charge is -2.15. The molecule has 25 heavy (non-hydrogen) atoms. The molecular weight excluding hydrogens is 342 g/mol. The lowest BCUT2D eigenvalue weighted by Crippen LogP contribution is -2.31. The van der Waals surface area contributed by atoms with Crippen molar-refractivity contribution in [2.45, 2.75) is 18.4 Å². The number of carbonyl (C=O) groups is 1. The van der Waals surface area contributed by atoms with Gasteiger partial charge in [0, 0.05) is 11.8 Å². The van der Waals surface area contributed by atoms with Gasteiger partial charge in [-0.1, -0.05) is 18.2 Å². The van der Waals surface area contributed by atoms with E-state index in [1.54, 1.807) is 37.3 Å². The Hall–Kier alpha value is -3.00. The lowest BCUT2D eigenvalue weighted by atomic mass is 10.2. The Morgan fingerprint density at radius 1 is 1.04 bits per heavy atom. The molecular formula is C17H13N3O4S. The highest BCUT2D eigenvalue weighted by atomic mass is 32.2. The molecule has 126 valence electrons. The van der Waals surface area contributed by atoms with Crippen molar-refractivity contribution in [3.05, 3.63) is 75.8 Å². The summed E-state index contributed by atoms with van der Waals surface area (Å²) in [5.74, 6) is -0.609. The van der Waals surface area contributed by atoms with E-state index in [0.29, 0.717) is 5.65 Å². The number of rotatable bonds is 2. The van der Waals surface area contributed by atoms with Crippen molar-refractivity contribution in [1.29, 1.82) is 0 Å². The third-order valence-electron chi connectivity index (χ3n) is 4.15. The van der Waals surface area contributed by atoms with Gasteiger partial charge in [0.25, 0.3) is 21.5 Å². The average Bonchev–Trinajstić information content (AvgIpc) is 2.76. The van der Waals surface area contributed by atoms with Crippen molar-refractivity contribution in [3.63, 3.8) is 0 Å². The van der Waals surface area contributed by atoms with Crippen LogP contribution < -0.4 is 5.56 Å². The number of hydrogen-bond donors (Lipinski definition) is 0. The maximum atomic E-state index is 12.6. The van der Waals surface area contributed by atoms with E-state index in [4.69, 9.17) is 0 Å².